The molecule has 4 nitrogen and oxygen atoms in total. The van der Waals surface area contributed by atoms with Gasteiger partial charge in [0.1, 0.15) is 5.76 Å². The minimum atomic E-state index is 0.0588. The lowest BCUT2D eigenvalue weighted by Gasteiger charge is -2.23. The van der Waals surface area contributed by atoms with E-state index < -0.39 is 0 Å². The molecule has 1 aliphatic heterocycles. The van der Waals surface area contributed by atoms with Gasteiger partial charge in [-0.2, -0.15) is 11.3 Å². The number of nitrogens with one attached hydrogen (secondary N) is 1. The standard InChI is InChI=1S/C15H18N2O2S/c18-15(16-9-13-3-2-7-19-13)10-17-6-1-4-14(17)12-5-8-20-11-12/h2-3,5,7-8,11,14H,1,4,6,9-10H2,(H,16,18)/t14-/m0/s1. The lowest BCUT2D eigenvalue weighted by atomic mass is 10.1. The van der Waals surface area contributed by atoms with Crippen LogP contribution in [0.1, 0.15) is 30.2 Å². The van der Waals surface area contributed by atoms with E-state index in [1.54, 1.807) is 17.6 Å². The summed E-state index contributed by atoms with van der Waals surface area (Å²) in [6, 6.07) is 6.25. The van der Waals surface area contributed by atoms with Gasteiger partial charge in [-0.1, -0.05) is 0 Å². The number of nitrogens with zero attached hydrogens (tertiary/aromatic N) is 1. The second-order valence-corrected chi connectivity index (χ2v) is 5.82. The molecule has 0 spiro atoms. The Labute approximate surface area is 122 Å². The fourth-order valence-corrected chi connectivity index (χ4v) is 3.40. The van der Waals surface area contributed by atoms with Gasteiger partial charge >= 0.3 is 0 Å². The highest BCUT2D eigenvalue weighted by Crippen LogP contribution is 2.32. The predicted octanol–water partition coefficient (Wildman–Crippen LogP) is 2.79. The molecule has 1 fully saturated rings. The highest BCUT2D eigenvalue weighted by molar-refractivity contribution is 7.07. The quantitative estimate of drug-likeness (QED) is 0.921. The van der Waals surface area contributed by atoms with Crippen molar-refractivity contribution in [1.29, 1.82) is 0 Å². The maximum atomic E-state index is 12.0. The summed E-state index contributed by atoms with van der Waals surface area (Å²) in [5, 5.41) is 7.19. The number of amides is 1. The van der Waals surface area contributed by atoms with E-state index in [-0.39, 0.29) is 5.91 Å². The molecule has 0 radical (unpaired) electrons. The van der Waals surface area contributed by atoms with Crippen LogP contribution >= 0.6 is 11.3 Å². The summed E-state index contributed by atoms with van der Waals surface area (Å²) in [6.45, 7) is 1.92. The first-order chi connectivity index (χ1) is 9.83. The molecule has 2 aromatic heterocycles. The molecular formula is C15H18N2O2S. The third-order valence-electron chi connectivity index (χ3n) is 3.68. The van der Waals surface area contributed by atoms with Gasteiger partial charge < -0.3 is 9.73 Å². The van der Waals surface area contributed by atoms with Gasteiger partial charge in [0.05, 0.1) is 19.4 Å². The third kappa shape index (κ3) is 3.11. The zero-order valence-electron chi connectivity index (χ0n) is 11.2. The molecule has 0 bridgehead atoms. The Morgan fingerprint density at radius 1 is 1.50 bits per heavy atom. The van der Waals surface area contributed by atoms with Crippen LogP contribution in [0.3, 0.4) is 0 Å². The summed E-state index contributed by atoms with van der Waals surface area (Å²) in [5.74, 6) is 0.845. The molecule has 2 aromatic rings. The normalized spacial score (nSPS) is 19.3. The Morgan fingerprint density at radius 3 is 3.20 bits per heavy atom. The van der Waals surface area contributed by atoms with E-state index >= 15 is 0 Å². The van der Waals surface area contributed by atoms with Crippen molar-refractivity contribution in [3.63, 3.8) is 0 Å². The molecule has 1 atom stereocenters. The number of hydrogen-bond acceptors (Lipinski definition) is 4. The van der Waals surface area contributed by atoms with Crippen molar-refractivity contribution in [3.05, 3.63) is 46.5 Å². The summed E-state index contributed by atoms with van der Waals surface area (Å²) in [6.07, 6.45) is 3.92. The van der Waals surface area contributed by atoms with Gasteiger partial charge in [0.2, 0.25) is 5.91 Å². The minimum absolute atomic E-state index is 0.0588. The SMILES string of the molecule is O=C(CN1CCC[C@H]1c1ccsc1)NCc1ccco1. The van der Waals surface area contributed by atoms with E-state index in [4.69, 9.17) is 4.42 Å². The van der Waals surface area contributed by atoms with E-state index in [0.29, 0.717) is 19.1 Å². The van der Waals surface area contributed by atoms with E-state index in [0.717, 1.165) is 25.1 Å². The van der Waals surface area contributed by atoms with Crippen LogP contribution in [0.5, 0.6) is 0 Å². The van der Waals surface area contributed by atoms with Crippen LogP contribution in [-0.4, -0.2) is 23.9 Å². The van der Waals surface area contributed by atoms with Crippen molar-refractivity contribution in [2.24, 2.45) is 0 Å². The maximum absolute atomic E-state index is 12.0. The summed E-state index contributed by atoms with van der Waals surface area (Å²) in [4.78, 5) is 14.3. The van der Waals surface area contributed by atoms with E-state index in [9.17, 15) is 4.79 Å². The second-order valence-electron chi connectivity index (χ2n) is 5.04. The molecule has 5 heteroatoms. The molecule has 1 saturated heterocycles. The molecular weight excluding hydrogens is 272 g/mol. The molecule has 1 N–H and O–H groups in total. The van der Waals surface area contributed by atoms with Gasteiger partial charge in [-0.25, -0.2) is 0 Å². The van der Waals surface area contributed by atoms with E-state index in [1.165, 1.54) is 5.56 Å². The van der Waals surface area contributed by atoms with Crippen LogP contribution in [-0.2, 0) is 11.3 Å². The van der Waals surface area contributed by atoms with Crippen molar-refractivity contribution in [2.45, 2.75) is 25.4 Å². The molecule has 106 valence electrons. The van der Waals surface area contributed by atoms with Crippen molar-refractivity contribution in [1.82, 2.24) is 10.2 Å². The van der Waals surface area contributed by atoms with Gasteiger partial charge in [-0.15, -0.1) is 0 Å². The average molecular weight is 290 g/mol. The van der Waals surface area contributed by atoms with Crippen LogP contribution < -0.4 is 5.32 Å². The highest BCUT2D eigenvalue weighted by Gasteiger charge is 2.27. The molecule has 3 rings (SSSR count). The molecule has 0 aromatic carbocycles. The third-order valence-corrected chi connectivity index (χ3v) is 4.38. The minimum Gasteiger partial charge on any atom is -0.467 e. The van der Waals surface area contributed by atoms with Gasteiger partial charge in [0, 0.05) is 6.04 Å². The molecule has 1 amide bonds. The largest absolute Gasteiger partial charge is 0.467 e. The number of carbonyl (C=O) groups is 1. The second kappa shape index (κ2) is 6.24. The average Bonchev–Trinajstić information content (AvgIpc) is 3.18. The number of furan rings is 1. The first-order valence-corrected chi connectivity index (χ1v) is 7.82. The number of rotatable bonds is 5. The smallest absolute Gasteiger partial charge is 0.234 e. The number of carbonyl (C=O) groups excluding carboxylic acids is 1. The molecule has 0 saturated carbocycles. The first-order valence-electron chi connectivity index (χ1n) is 6.88. The Hall–Kier alpha value is -1.59. The zero-order valence-corrected chi connectivity index (χ0v) is 12.1. The fraction of sp³-hybridized carbons (Fsp3) is 0.400. The number of hydrogen-bond donors (Lipinski definition) is 1. The summed E-state index contributed by atoms with van der Waals surface area (Å²) in [7, 11) is 0. The van der Waals surface area contributed by atoms with Gasteiger partial charge in [0.25, 0.3) is 0 Å². The van der Waals surface area contributed by atoms with Crippen molar-refractivity contribution in [2.75, 3.05) is 13.1 Å². The summed E-state index contributed by atoms with van der Waals surface area (Å²) < 4.78 is 5.21. The van der Waals surface area contributed by atoms with Crippen molar-refractivity contribution >= 4 is 17.2 Å². The predicted molar refractivity (Wildman–Crippen MR) is 78.4 cm³/mol. The first kappa shape index (κ1) is 13.4. The molecule has 1 aliphatic rings. The van der Waals surface area contributed by atoms with Crippen molar-refractivity contribution in [3.8, 4) is 0 Å². The van der Waals surface area contributed by atoms with Crippen molar-refractivity contribution < 1.29 is 9.21 Å². The highest BCUT2D eigenvalue weighted by atomic mass is 32.1. The van der Waals surface area contributed by atoms with Crippen LogP contribution in [0.25, 0.3) is 0 Å². The Bertz CT molecular complexity index is 536. The maximum Gasteiger partial charge on any atom is 0.234 e. The van der Waals surface area contributed by atoms with Gasteiger partial charge in [-0.05, 0) is 53.9 Å². The van der Waals surface area contributed by atoms with Crippen LogP contribution in [0.4, 0.5) is 0 Å². The monoisotopic (exact) mass is 290 g/mol. The molecule has 3 heterocycles. The Kier molecular flexibility index (Phi) is 4.18. The number of likely N-dealkylation sites (tertiary alicyclic amines) is 1. The van der Waals surface area contributed by atoms with Crippen LogP contribution in [0.2, 0.25) is 0 Å². The van der Waals surface area contributed by atoms with Crippen LogP contribution in [0, 0.1) is 0 Å². The topological polar surface area (TPSA) is 45.5 Å². The Balaban J connectivity index is 1.52. The summed E-state index contributed by atoms with van der Waals surface area (Å²) >= 11 is 1.72. The molecule has 20 heavy (non-hydrogen) atoms. The van der Waals surface area contributed by atoms with Crippen LogP contribution in [0.15, 0.2) is 39.6 Å². The number of thiophene rings is 1. The lowest BCUT2D eigenvalue weighted by molar-refractivity contribution is -0.122. The summed E-state index contributed by atoms with van der Waals surface area (Å²) in [5.41, 5.74) is 1.34. The lowest BCUT2D eigenvalue weighted by Crippen LogP contribution is -2.36. The Morgan fingerprint density at radius 2 is 2.45 bits per heavy atom. The van der Waals surface area contributed by atoms with Gasteiger partial charge in [0.15, 0.2) is 0 Å². The fourth-order valence-electron chi connectivity index (χ4n) is 2.70. The van der Waals surface area contributed by atoms with Gasteiger partial charge in [-0.3, -0.25) is 9.69 Å². The molecule has 0 aliphatic carbocycles. The molecule has 0 unspecified atom stereocenters. The zero-order chi connectivity index (χ0) is 13.8. The van der Waals surface area contributed by atoms with E-state index in [1.807, 2.05) is 12.1 Å². The van der Waals surface area contributed by atoms with E-state index in [2.05, 4.69) is 27.0 Å².